The highest BCUT2D eigenvalue weighted by Gasteiger charge is 2.60. The zero-order valence-electron chi connectivity index (χ0n) is 14.5. The summed E-state index contributed by atoms with van der Waals surface area (Å²) in [5.74, 6) is -2.25. The fraction of sp³-hybridized carbons (Fsp3) is 0.471. The number of carbonyl (C=O) groups excluding carboxylic acids is 2. The molecule has 1 aliphatic carbocycles. The standard InChI is InChI=1S/C17H19NO8S/c1-26-11-2-4-12(5-3-11)27(24,25)18-9-17(8-13(18)16(22)23)14(20)6-10(19)7-15(17)21/h2-5,10,13,19H,6-9H2,1H3,(H,22,23)/t10?,13-,17?/m1/s1. The Bertz CT molecular complexity index is 874. The number of benzene rings is 1. The first-order valence-electron chi connectivity index (χ1n) is 8.25. The molecule has 0 amide bonds. The summed E-state index contributed by atoms with van der Waals surface area (Å²) in [4.78, 5) is 36.5. The Kier molecular flexibility index (Phi) is 4.83. The molecule has 10 heteroatoms. The van der Waals surface area contributed by atoms with Crippen LogP contribution in [0.15, 0.2) is 29.2 Å². The lowest BCUT2D eigenvalue weighted by Crippen LogP contribution is -2.49. The number of rotatable bonds is 4. The number of aliphatic hydroxyl groups excluding tert-OH is 1. The fourth-order valence-corrected chi connectivity index (χ4v) is 5.31. The average molecular weight is 397 g/mol. The summed E-state index contributed by atoms with van der Waals surface area (Å²) in [6.45, 7) is -0.539. The first kappa shape index (κ1) is 19.5. The Morgan fingerprint density at radius 2 is 1.74 bits per heavy atom. The molecule has 1 heterocycles. The molecule has 1 aromatic rings. The molecule has 0 aromatic heterocycles. The summed E-state index contributed by atoms with van der Waals surface area (Å²) in [5, 5.41) is 19.1. The van der Waals surface area contributed by atoms with Crippen molar-refractivity contribution in [1.29, 1.82) is 0 Å². The van der Waals surface area contributed by atoms with Crippen molar-refractivity contribution < 1.29 is 37.8 Å². The molecular weight excluding hydrogens is 378 g/mol. The van der Waals surface area contributed by atoms with E-state index >= 15 is 0 Å². The van der Waals surface area contributed by atoms with E-state index in [0.29, 0.717) is 10.1 Å². The largest absolute Gasteiger partial charge is 0.497 e. The second-order valence-corrected chi connectivity index (χ2v) is 8.67. The van der Waals surface area contributed by atoms with Gasteiger partial charge in [0.15, 0.2) is 0 Å². The number of aliphatic hydroxyl groups is 1. The number of Topliss-reactive ketones (excluding diaryl/α,β-unsaturated/α-hetero) is 2. The number of ether oxygens (including phenoxy) is 1. The normalized spacial score (nSPS) is 29.3. The van der Waals surface area contributed by atoms with Gasteiger partial charge in [-0.25, -0.2) is 8.42 Å². The maximum absolute atomic E-state index is 13.0. The Labute approximate surface area is 155 Å². The van der Waals surface area contributed by atoms with Crippen molar-refractivity contribution in [3.8, 4) is 5.75 Å². The van der Waals surface area contributed by atoms with Crippen molar-refractivity contribution >= 4 is 27.6 Å². The quantitative estimate of drug-likeness (QED) is 0.668. The predicted molar refractivity (Wildman–Crippen MR) is 90.6 cm³/mol. The highest BCUT2D eigenvalue weighted by Crippen LogP contribution is 2.44. The van der Waals surface area contributed by atoms with Gasteiger partial charge < -0.3 is 14.9 Å². The first-order valence-corrected chi connectivity index (χ1v) is 9.69. The van der Waals surface area contributed by atoms with Gasteiger partial charge in [-0.3, -0.25) is 14.4 Å². The molecule has 3 rings (SSSR count). The number of carboxylic acid groups (broad SMARTS) is 1. The van der Waals surface area contributed by atoms with Gasteiger partial charge in [-0.15, -0.1) is 0 Å². The maximum atomic E-state index is 13.0. The van der Waals surface area contributed by atoms with Crippen LogP contribution in [0.3, 0.4) is 0 Å². The first-order chi connectivity index (χ1) is 12.6. The average Bonchev–Trinajstić information content (AvgIpc) is 3.03. The topological polar surface area (TPSA) is 138 Å². The number of hydrogen-bond acceptors (Lipinski definition) is 7. The Morgan fingerprint density at radius 1 is 1.19 bits per heavy atom. The van der Waals surface area contributed by atoms with Crippen LogP contribution in [0.4, 0.5) is 0 Å². The van der Waals surface area contributed by atoms with Crippen LogP contribution in [-0.4, -0.2) is 66.3 Å². The number of carboxylic acids is 1. The molecule has 1 saturated heterocycles. The maximum Gasteiger partial charge on any atom is 0.322 e. The summed E-state index contributed by atoms with van der Waals surface area (Å²) in [5.41, 5.74) is -1.72. The van der Waals surface area contributed by atoms with Crippen LogP contribution >= 0.6 is 0 Å². The van der Waals surface area contributed by atoms with Crippen LogP contribution in [-0.2, 0) is 24.4 Å². The third kappa shape index (κ3) is 3.13. The smallest absolute Gasteiger partial charge is 0.322 e. The minimum atomic E-state index is -4.26. The molecule has 0 bridgehead atoms. The lowest BCUT2D eigenvalue weighted by Gasteiger charge is -2.32. The second kappa shape index (κ2) is 6.70. The van der Waals surface area contributed by atoms with Gasteiger partial charge >= 0.3 is 5.97 Å². The minimum Gasteiger partial charge on any atom is -0.497 e. The fourth-order valence-electron chi connectivity index (χ4n) is 3.67. The third-order valence-corrected chi connectivity index (χ3v) is 7.04. The van der Waals surface area contributed by atoms with Crippen LogP contribution in [0, 0.1) is 5.41 Å². The van der Waals surface area contributed by atoms with Gasteiger partial charge in [0.1, 0.15) is 28.8 Å². The van der Waals surface area contributed by atoms with Crippen LogP contribution in [0.2, 0.25) is 0 Å². The highest BCUT2D eigenvalue weighted by atomic mass is 32.2. The number of nitrogens with zero attached hydrogens (tertiary/aromatic N) is 1. The summed E-state index contributed by atoms with van der Waals surface area (Å²) < 4.78 is 31.7. The molecule has 2 fully saturated rings. The molecule has 1 aromatic carbocycles. The summed E-state index contributed by atoms with van der Waals surface area (Å²) in [6.07, 6.45) is -2.14. The highest BCUT2D eigenvalue weighted by molar-refractivity contribution is 7.89. The predicted octanol–water partition coefficient (Wildman–Crippen LogP) is -0.178. The van der Waals surface area contributed by atoms with Gasteiger partial charge in [0.25, 0.3) is 0 Å². The van der Waals surface area contributed by atoms with Crippen molar-refractivity contribution in [2.75, 3.05) is 13.7 Å². The lowest BCUT2D eigenvalue weighted by atomic mass is 9.70. The third-order valence-electron chi connectivity index (χ3n) is 5.18. The van der Waals surface area contributed by atoms with E-state index in [9.17, 15) is 33.0 Å². The number of carbonyl (C=O) groups is 3. The molecule has 27 heavy (non-hydrogen) atoms. The second-order valence-electron chi connectivity index (χ2n) is 6.77. The zero-order valence-corrected chi connectivity index (χ0v) is 15.3. The van der Waals surface area contributed by atoms with Gasteiger partial charge in [0, 0.05) is 19.4 Å². The van der Waals surface area contributed by atoms with Crippen molar-refractivity contribution in [3.05, 3.63) is 24.3 Å². The number of ketones is 2. The molecule has 2 aliphatic rings. The van der Waals surface area contributed by atoms with Gasteiger partial charge in [0.05, 0.1) is 18.1 Å². The Hall–Kier alpha value is -2.30. The summed E-state index contributed by atoms with van der Waals surface area (Å²) in [7, 11) is -2.84. The summed E-state index contributed by atoms with van der Waals surface area (Å²) in [6, 6.07) is 3.84. The monoisotopic (exact) mass is 397 g/mol. The van der Waals surface area contributed by atoms with Gasteiger partial charge in [0.2, 0.25) is 10.0 Å². The Morgan fingerprint density at radius 3 is 2.22 bits per heavy atom. The zero-order chi connectivity index (χ0) is 20.0. The molecule has 0 unspecified atom stereocenters. The Balaban J connectivity index is 2.01. The van der Waals surface area contributed by atoms with E-state index in [-0.39, 0.29) is 17.7 Å². The number of aliphatic carboxylic acids is 1. The molecule has 1 atom stereocenters. The number of hydrogen-bond donors (Lipinski definition) is 2. The number of methoxy groups -OCH3 is 1. The molecular formula is C17H19NO8S. The molecule has 2 N–H and O–H groups in total. The van der Waals surface area contributed by atoms with Crippen molar-refractivity contribution in [3.63, 3.8) is 0 Å². The molecule has 0 radical (unpaired) electrons. The van der Waals surface area contributed by atoms with Gasteiger partial charge in [-0.1, -0.05) is 0 Å². The van der Waals surface area contributed by atoms with Crippen molar-refractivity contribution in [2.24, 2.45) is 5.41 Å². The molecule has 146 valence electrons. The van der Waals surface area contributed by atoms with Crippen LogP contribution in [0.25, 0.3) is 0 Å². The molecule has 9 nitrogen and oxygen atoms in total. The molecule has 1 aliphatic heterocycles. The van der Waals surface area contributed by atoms with E-state index < -0.39 is 58.1 Å². The lowest BCUT2D eigenvalue weighted by molar-refractivity contribution is -0.147. The van der Waals surface area contributed by atoms with Crippen molar-refractivity contribution in [1.82, 2.24) is 4.31 Å². The van der Waals surface area contributed by atoms with E-state index in [1.807, 2.05) is 0 Å². The molecule has 1 spiro atoms. The van der Waals surface area contributed by atoms with E-state index in [1.54, 1.807) is 0 Å². The summed E-state index contributed by atoms with van der Waals surface area (Å²) >= 11 is 0. The van der Waals surface area contributed by atoms with Crippen molar-refractivity contribution in [2.45, 2.75) is 36.3 Å². The van der Waals surface area contributed by atoms with E-state index in [4.69, 9.17) is 4.74 Å². The van der Waals surface area contributed by atoms with E-state index in [2.05, 4.69) is 0 Å². The van der Waals surface area contributed by atoms with E-state index in [1.165, 1.54) is 31.4 Å². The van der Waals surface area contributed by atoms with Gasteiger partial charge in [-0.05, 0) is 30.7 Å². The van der Waals surface area contributed by atoms with Crippen LogP contribution in [0.5, 0.6) is 5.75 Å². The number of sulfonamides is 1. The van der Waals surface area contributed by atoms with E-state index in [0.717, 1.165) is 0 Å². The van der Waals surface area contributed by atoms with Crippen LogP contribution < -0.4 is 4.74 Å². The molecule has 1 saturated carbocycles. The SMILES string of the molecule is COc1ccc(S(=O)(=O)N2CC3(C[C@@H]2C(=O)O)C(=O)CC(O)CC3=O)cc1. The van der Waals surface area contributed by atoms with Crippen LogP contribution in [0.1, 0.15) is 19.3 Å². The van der Waals surface area contributed by atoms with Gasteiger partial charge in [-0.2, -0.15) is 4.31 Å². The minimum absolute atomic E-state index is 0.164.